The van der Waals surface area contributed by atoms with Crippen LogP contribution in [0.15, 0.2) is 29.2 Å². The molecule has 0 spiro atoms. The fourth-order valence-electron chi connectivity index (χ4n) is 2.34. The maximum atomic E-state index is 12.9. The van der Waals surface area contributed by atoms with Gasteiger partial charge in [-0.1, -0.05) is 26.0 Å². The predicted molar refractivity (Wildman–Crippen MR) is 85.4 cm³/mol. The molecule has 2 N–H and O–H groups in total. The quantitative estimate of drug-likeness (QED) is 0.842. The van der Waals surface area contributed by atoms with Gasteiger partial charge >= 0.3 is 0 Å². The molecule has 1 saturated carbocycles. The van der Waals surface area contributed by atoms with Crippen LogP contribution < -0.4 is 5.73 Å². The molecule has 1 aliphatic rings. The van der Waals surface area contributed by atoms with Crippen molar-refractivity contribution in [3.05, 3.63) is 29.8 Å². The summed E-state index contributed by atoms with van der Waals surface area (Å²) in [6.07, 6.45) is 2.84. The first-order valence-electron chi connectivity index (χ1n) is 7.69. The Hall–Kier alpha value is -0.910. The monoisotopic (exact) mass is 310 g/mol. The molecule has 4 nitrogen and oxygen atoms in total. The van der Waals surface area contributed by atoms with E-state index in [1.807, 2.05) is 13.0 Å². The number of hydrogen-bond donors (Lipinski definition) is 1. The fourth-order valence-corrected chi connectivity index (χ4v) is 4.10. The third-order valence-electron chi connectivity index (χ3n) is 3.87. The average Bonchev–Trinajstić information content (AvgIpc) is 3.23. The van der Waals surface area contributed by atoms with Gasteiger partial charge in [0, 0.05) is 18.6 Å². The van der Waals surface area contributed by atoms with Gasteiger partial charge in [-0.05, 0) is 49.8 Å². The van der Waals surface area contributed by atoms with Gasteiger partial charge in [-0.25, -0.2) is 8.42 Å². The summed E-state index contributed by atoms with van der Waals surface area (Å²) in [5, 5.41) is 0. The van der Waals surface area contributed by atoms with Gasteiger partial charge in [0.05, 0.1) is 4.90 Å². The Labute approximate surface area is 128 Å². The van der Waals surface area contributed by atoms with Gasteiger partial charge in [-0.3, -0.25) is 0 Å². The van der Waals surface area contributed by atoms with Gasteiger partial charge in [0.1, 0.15) is 0 Å². The van der Waals surface area contributed by atoms with Crippen molar-refractivity contribution in [2.45, 2.75) is 57.0 Å². The van der Waals surface area contributed by atoms with Crippen LogP contribution in [0.1, 0.15) is 51.6 Å². The van der Waals surface area contributed by atoms with E-state index >= 15 is 0 Å². The number of rotatable bonds is 7. The third-order valence-corrected chi connectivity index (χ3v) is 5.82. The first-order valence-corrected chi connectivity index (χ1v) is 9.13. The van der Waals surface area contributed by atoms with Crippen LogP contribution in [-0.2, 0) is 10.0 Å². The highest BCUT2D eigenvalue weighted by molar-refractivity contribution is 7.89. The van der Waals surface area contributed by atoms with Crippen LogP contribution in [0.25, 0.3) is 0 Å². The minimum atomic E-state index is -3.41. The Bertz CT molecular complexity index is 578. The second-order valence-electron chi connectivity index (χ2n) is 6.39. The SMILES string of the molecule is CC(C)CCN(C1CC1)S(=O)(=O)c1cccc(C(C)N)c1. The Balaban J connectivity index is 2.27. The average molecular weight is 310 g/mol. The number of nitrogens with zero attached hydrogens (tertiary/aromatic N) is 1. The molecule has 118 valence electrons. The molecular formula is C16H26N2O2S. The molecule has 0 bridgehead atoms. The highest BCUT2D eigenvalue weighted by atomic mass is 32.2. The molecule has 5 heteroatoms. The summed E-state index contributed by atoms with van der Waals surface area (Å²) in [6, 6.07) is 7.06. The molecule has 1 aromatic rings. The summed E-state index contributed by atoms with van der Waals surface area (Å²) in [5.41, 5.74) is 6.72. The van der Waals surface area contributed by atoms with Crippen molar-refractivity contribution in [3.8, 4) is 0 Å². The molecule has 2 rings (SSSR count). The molecule has 1 fully saturated rings. The zero-order valence-electron chi connectivity index (χ0n) is 13.1. The largest absolute Gasteiger partial charge is 0.324 e. The lowest BCUT2D eigenvalue weighted by Crippen LogP contribution is -2.34. The van der Waals surface area contributed by atoms with Gasteiger partial charge in [0.15, 0.2) is 0 Å². The Morgan fingerprint density at radius 2 is 1.95 bits per heavy atom. The molecule has 1 unspecified atom stereocenters. The maximum absolute atomic E-state index is 12.9. The van der Waals surface area contributed by atoms with Crippen LogP contribution >= 0.6 is 0 Å². The third kappa shape index (κ3) is 4.05. The summed E-state index contributed by atoms with van der Waals surface area (Å²) in [5.74, 6) is 0.497. The number of hydrogen-bond acceptors (Lipinski definition) is 3. The van der Waals surface area contributed by atoms with Crippen molar-refractivity contribution in [1.29, 1.82) is 0 Å². The van der Waals surface area contributed by atoms with Crippen molar-refractivity contribution in [2.75, 3.05) is 6.54 Å². The van der Waals surface area contributed by atoms with Gasteiger partial charge < -0.3 is 5.73 Å². The van der Waals surface area contributed by atoms with Gasteiger partial charge in [-0.2, -0.15) is 4.31 Å². The standard InChI is InChI=1S/C16H26N2O2S/c1-12(2)9-10-18(15-7-8-15)21(19,20)16-6-4-5-14(11-16)13(3)17/h4-6,11-13,15H,7-10,17H2,1-3H3. The molecule has 0 radical (unpaired) electrons. The second kappa shape index (κ2) is 6.46. The molecular weight excluding hydrogens is 284 g/mol. The molecule has 0 saturated heterocycles. The normalized spacial score (nSPS) is 17.4. The molecule has 0 heterocycles. The van der Waals surface area contributed by atoms with Crippen molar-refractivity contribution in [1.82, 2.24) is 4.31 Å². The van der Waals surface area contributed by atoms with E-state index in [1.165, 1.54) is 0 Å². The van der Waals surface area contributed by atoms with E-state index < -0.39 is 10.0 Å². The van der Waals surface area contributed by atoms with E-state index in [0.29, 0.717) is 17.4 Å². The molecule has 0 amide bonds. The molecule has 21 heavy (non-hydrogen) atoms. The maximum Gasteiger partial charge on any atom is 0.243 e. The summed E-state index contributed by atoms with van der Waals surface area (Å²) in [7, 11) is -3.41. The van der Waals surface area contributed by atoms with E-state index in [-0.39, 0.29) is 12.1 Å². The van der Waals surface area contributed by atoms with Gasteiger partial charge in [0.2, 0.25) is 10.0 Å². The fraction of sp³-hybridized carbons (Fsp3) is 0.625. The summed E-state index contributed by atoms with van der Waals surface area (Å²) < 4.78 is 27.5. The summed E-state index contributed by atoms with van der Waals surface area (Å²) >= 11 is 0. The first-order chi connectivity index (χ1) is 9.82. The zero-order chi connectivity index (χ0) is 15.6. The number of benzene rings is 1. The minimum Gasteiger partial charge on any atom is -0.324 e. The molecule has 0 aromatic heterocycles. The van der Waals surface area contributed by atoms with Crippen molar-refractivity contribution in [3.63, 3.8) is 0 Å². The van der Waals surface area contributed by atoms with Crippen LogP contribution in [0.3, 0.4) is 0 Å². The predicted octanol–water partition coefficient (Wildman–Crippen LogP) is 2.91. The van der Waals surface area contributed by atoms with E-state index in [1.54, 1.807) is 22.5 Å². The van der Waals surface area contributed by atoms with Crippen LogP contribution in [0.4, 0.5) is 0 Å². The zero-order valence-corrected chi connectivity index (χ0v) is 13.9. The van der Waals surface area contributed by atoms with E-state index in [0.717, 1.165) is 24.8 Å². The second-order valence-corrected chi connectivity index (χ2v) is 8.28. The lowest BCUT2D eigenvalue weighted by Gasteiger charge is -2.23. The van der Waals surface area contributed by atoms with E-state index in [9.17, 15) is 8.42 Å². The lowest BCUT2D eigenvalue weighted by molar-refractivity contribution is 0.373. The summed E-state index contributed by atoms with van der Waals surface area (Å²) in [6.45, 7) is 6.71. The lowest BCUT2D eigenvalue weighted by atomic mass is 10.1. The van der Waals surface area contributed by atoms with Crippen LogP contribution in [-0.4, -0.2) is 25.3 Å². The Morgan fingerprint density at radius 1 is 1.29 bits per heavy atom. The Kier molecular flexibility index (Phi) is 5.07. The van der Waals surface area contributed by atoms with Gasteiger partial charge in [-0.15, -0.1) is 0 Å². The van der Waals surface area contributed by atoms with Crippen LogP contribution in [0.5, 0.6) is 0 Å². The number of nitrogens with two attached hydrogens (primary N) is 1. The molecule has 1 atom stereocenters. The van der Waals surface area contributed by atoms with Gasteiger partial charge in [0.25, 0.3) is 0 Å². The molecule has 1 aromatic carbocycles. The minimum absolute atomic E-state index is 0.162. The van der Waals surface area contributed by atoms with Crippen LogP contribution in [0, 0.1) is 5.92 Å². The highest BCUT2D eigenvalue weighted by Crippen LogP contribution is 2.33. The first kappa shape index (κ1) is 16.5. The van der Waals surface area contributed by atoms with Crippen molar-refractivity contribution >= 4 is 10.0 Å². The molecule has 0 aliphatic heterocycles. The van der Waals surface area contributed by atoms with Crippen molar-refractivity contribution in [2.24, 2.45) is 11.7 Å². The smallest absolute Gasteiger partial charge is 0.243 e. The summed E-state index contributed by atoms with van der Waals surface area (Å²) in [4.78, 5) is 0.368. The van der Waals surface area contributed by atoms with Crippen LogP contribution in [0.2, 0.25) is 0 Å². The topological polar surface area (TPSA) is 63.4 Å². The highest BCUT2D eigenvalue weighted by Gasteiger charge is 2.37. The van der Waals surface area contributed by atoms with E-state index in [4.69, 9.17) is 5.73 Å². The molecule has 1 aliphatic carbocycles. The number of sulfonamides is 1. The van der Waals surface area contributed by atoms with E-state index in [2.05, 4.69) is 13.8 Å². The van der Waals surface area contributed by atoms with Crippen molar-refractivity contribution < 1.29 is 8.42 Å². The Morgan fingerprint density at radius 3 is 2.48 bits per heavy atom.